The number of rotatable bonds is 4. The van der Waals surface area contributed by atoms with Crippen LogP contribution in [0, 0.1) is 20.2 Å². The fourth-order valence-electron chi connectivity index (χ4n) is 0.976. The Morgan fingerprint density at radius 3 is 1.94 bits per heavy atom. The third-order valence-corrected chi connectivity index (χ3v) is 1.63. The highest BCUT2D eigenvalue weighted by Gasteiger charge is 2.17. The summed E-state index contributed by atoms with van der Waals surface area (Å²) in [5, 5.41) is 24.7. The highest BCUT2D eigenvalue weighted by atomic mass is 16.6. The first-order chi connectivity index (χ1) is 7.90. The van der Waals surface area contributed by atoms with Gasteiger partial charge < -0.3 is 4.84 Å². The van der Waals surface area contributed by atoms with Crippen molar-refractivity contribution >= 4 is 17.1 Å². The summed E-state index contributed by atoms with van der Waals surface area (Å²) in [5.74, 6) is -0.0490. The largest absolute Gasteiger partial charge is 0.357 e. The highest BCUT2D eigenvalue weighted by molar-refractivity contribution is 5.78. The van der Waals surface area contributed by atoms with Crippen LogP contribution in [0.15, 0.2) is 23.4 Å². The summed E-state index contributed by atoms with van der Waals surface area (Å²) in [7, 11) is 0. The molecule has 1 aromatic rings. The molecule has 90 valence electrons. The van der Waals surface area contributed by atoms with Crippen molar-refractivity contribution in [1.29, 1.82) is 0 Å². The molecule has 0 aliphatic rings. The molecule has 1 rings (SSSR count). The minimum absolute atomic E-state index is 0.0490. The topological polar surface area (TPSA) is 108 Å². The van der Waals surface area contributed by atoms with E-state index in [9.17, 15) is 20.2 Å². The van der Waals surface area contributed by atoms with Crippen LogP contribution in [0.3, 0.4) is 0 Å². The number of oxime groups is 1. The van der Waals surface area contributed by atoms with Gasteiger partial charge in [-0.15, -0.1) is 0 Å². The van der Waals surface area contributed by atoms with Gasteiger partial charge in [-0.2, -0.15) is 0 Å². The maximum Gasteiger partial charge on any atom is 0.280 e. The van der Waals surface area contributed by atoms with Gasteiger partial charge in [0.05, 0.1) is 33.8 Å². The molecule has 0 aromatic heterocycles. The molecule has 0 saturated heterocycles. The summed E-state index contributed by atoms with van der Waals surface area (Å²) >= 11 is 0. The van der Waals surface area contributed by atoms with E-state index in [0.29, 0.717) is 5.71 Å². The molecule has 0 amide bonds. The number of non-ortho nitro benzene ring substituents is 2. The van der Waals surface area contributed by atoms with Crippen molar-refractivity contribution in [3.05, 3.63) is 38.4 Å². The van der Waals surface area contributed by atoms with Crippen LogP contribution in [0.2, 0.25) is 0 Å². The second kappa shape index (κ2) is 5.01. The van der Waals surface area contributed by atoms with E-state index in [1.54, 1.807) is 13.8 Å². The number of nitrogens with zero attached hydrogens (tertiary/aromatic N) is 3. The van der Waals surface area contributed by atoms with E-state index < -0.39 is 21.2 Å². The Morgan fingerprint density at radius 1 is 1.12 bits per heavy atom. The zero-order chi connectivity index (χ0) is 13.0. The SMILES string of the molecule is CC(C)=NOc1cc([N+](=O)[O-])cc([N+](=O)[O-])c1. The maximum atomic E-state index is 10.6. The van der Waals surface area contributed by atoms with Gasteiger partial charge in [0.25, 0.3) is 11.4 Å². The smallest absolute Gasteiger partial charge is 0.280 e. The quantitative estimate of drug-likeness (QED) is 0.455. The van der Waals surface area contributed by atoms with Crippen molar-refractivity contribution in [2.75, 3.05) is 0 Å². The Balaban J connectivity index is 3.17. The zero-order valence-corrected chi connectivity index (χ0v) is 9.11. The first-order valence-corrected chi connectivity index (χ1v) is 4.52. The molecule has 8 heteroatoms. The summed E-state index contributed by atoms with van der Waals surface area (Å²) in [6, 6.07) is 2.99. The molecule has 17 heavy (non-hydrogen) atoms. The summed E-state index contributed by atoms with van der Waals surface area (Å²) in [6.07, 6.45) is 0. The van der Waals surface area contributed by atoms with Crippen LogP contribution in [-0.2, 0) is 0 Å². The molecule has 0 aliphatic heterocycles. The molecule has 0 saturated carbocycles. The molecule has 0 N–H and O–H groups in total. The molecule has 0 fully saturated rings. The number of hydrogen-bond acceptors (Lipinski definition) is 6. The maximum absolute atomic E-state index is 10.6. The molecule has 0 spiro atoms. The average Bonchev–Trinajstić information content (AvgIpc) is 2.25. The lowest BCUT2D eigenvalue weighted by atomic mass is 10.2. The van der Waals surface area contributed by atoms with Crippen LogP contribution < -0.4 is 4.84 Å². The summed E-state index contributed by atoms with van der Waals surface area (Å²) in [5.41, 5.74) is -0.254. The Hall–Kier alpha value is -2.51. The van der Waals surface area contributed by atoms with Crippen molar-refractivity contribution in [1.82, 2.24) is 0 Å². The lowest BCUT2D eigenvalue weighted by Gasteiger charge is -1.99. The Morgan fingerprint density at radius 2 is 1.59 bits per heavy atom. The second-order valence-corrected chi connectivity index (χ2v) is 3.33. The molecular formula is C9H9N3O5. The third-order valence-electron chi connectivity index (χ3n) is 1.63. The lowest BCUT2D eigenvalue weighted by Crippen LogP contribution is -1.95. The van der Waals surface area contributed by atoms with Gasteiger partial charge in [-0.3, -0.25) is 20.2 Å². The van der Waals surface area contributed by atoms with Crippen molar-refractivity contribution in [2.45, 2.75) is 13.8 Å². The van der Waals surface area contributed by atoms with Crippen LogP contribution in [0.25, 0.3) is 0 Å². The standard InChI is InChI=1S/C9H9N3O5/c1-6(2)10-17-9-4-7(11(13)14)3-8(5-9)12(15)16/h3-5H,1-2H3. The van der Waals surface area contributed by atoms with E-state index in [2.05, 4.69) is 5.16 Å². The number of nitro groups is 2. The summed E-state index contributed by atoms with van der Waals surface area (Å²) < 4.78 is 0. The molecule has 0 aliphatic carbocycles. The van der Waals surface area contributed by atoms with Crippen LogP contribution in [0.1, 0.15) is 13.8 Å². The molecule has 0 atom stereocenters. The van der Waals surface area contributed by atoms with Gasteiger partial charge in [-0.1, -0.05) is 5.16 Å². The summed E-state index contributed by atoms with van der Waals surface area (Å²) in [4.78, 5) is 24.5. The van der Waals surface area contributed by atoms with Crippen molar-refractivity contribution < 1.29 is 14.7 Å². The molecule has 8 nitrogen and oxygen atoms in total. The first kappa shape index (κ1) is 12.6. The van der Waals surface area contributed by atoms with Gasteiger partial charge in [0.15, 0.2) is 5.75 Å². The summed E-state index contributed by atoms with van der Waals surface area (Å²) in [6.45, 7) is 3.32. The molecule has 1 aromatic carbocycles. The number of hydrogen-bond donors (Lipinski definition) is 0. The predicted octanol–water partition coefficient (Wildman–Crippen LogP) is 2.28. The lowest BCUT2D eigenvalue weighted by molar-refractivity contribution is -0.394. The monoisotopic (exact) mass is 239 g/mol. The average molecular weight is 239 g/mol. The van der Waals surface area contributed by atoms with E-state index in [-0.39, 0.29) is 5.75 Å². The minimum atomic E-state index is -0.734. The Bertz CT molecular complexity index is 461. The van der Waals surface area contributed by atoms with Crippen molar-refractivity contribution in [3.63, 3.8) is 0 Å². The van der Waals surface area contributed by atoms with Gasteiger partial charge >= 0.3 is 0 Å². The number of nitro benzene ring substituents is 2. The van der Waals surface area contributed by atoms with Crippen LogP contribution in [0.5, 0.6) is 5.75 Å². The minimum Gasteiger partial charge on any atom is -0.357 e. The first-order valence-electron chi connectivity index (χ1n) is 4.52. The van der Waals surface area contributed by atoms with E-state index in [1.165, 1.54) is 0 Å². The van der Waals surface area contributed by atoms with Crippen LogP contribution >= 0.6 is 0 Å². The molecular weight excluding hydrogens is 230 g/mol. The second-order valence-electron chi connectivity index (χ2n) is 3.33. The Kier molecular flexibility index (Phi) is 3.70. The van der Waals surface area contributed by atoms with E-state index in [4.69, 9.17) is 4.84 Å². The van der Waals surface area contributed by atoms with Gasteiger partial charge in [0, 0.05) is 0 Å². The fourth-order valence-corrected chi connectivity index (χ4v) is 0.976. The Labute approximate surface area is 95.8 Å². The third kappa shape index (κ3) is 3.52. The van der Waals surface area contributed by atoms with Gasteiger partial charge in [-0.25, -0.2) is 0 Å². The van der Waals surface area contributed by atoms with Gasteiger partial charge in [-0.05, 0) is 13.8 Å². The highest BCUT2D eigenvalue weighted by Crippen LogP contribution is 2.27. The fraction of sp³-hybridized carbons (Fsp3) is 0.222. The van der Waals surface area contributed by atoms with Crippen molar-refractivity contribution in [2.24, 2.45) is 5.16 Å². The van der Waals surface area contributed by atoms with E-state index >= 15 is 0 Å². The van der Waals surface area contributed by atoms with Gasteiger partial charge in [0.2, 0.25) is 0 Å². The zero-order valence-electron chi connectivity index (χ0n) is 9.11. The van der Waals surface area contributed by atoms with E-state index in [0.717, 1.165) is 18.2 Å². The molecule has 0 radical (unpaired) electrons. The van der Waals surface area contributed by atoms with Crippen LogP contribution in [0.4, 0.5) is 11.4 Å². The molecule has 0 heterocycles. The molecule has 0 bridgehead atoms. The van der Waals surface area contributed by atoms with Crippen LogP contribution in [-0.4, -0.2) is 15.6 Å². The van der Waals surface area contributed by atoms with Crippen molar-refractivity contribution in [3.8, 4) is 5.75 Å². The van der Waals surface area contributed by atoms with Gasteiger partial charge in [0.1, 0.15) is 0 Å². The molecule has 0 unspecified atom stereocenters. The number of benzene rings is 1. The van der Waals surface area contributed by atoms with E-state index in [1.807, 2.05) is 0 Å². The normalized spacial score (nSPS) is 9.53. The predicted molar refractivity (Wildman–Crippen MR) is 59.2 cm³/mol.